The minimum atomic E-state index is -0.838. The second-order valence-electron chi connectivity index (χ2n) is 8.03. The standard InChI is InChI=1S/C26H18ClF2N7O2/c27-19-12-21(29)18(24-20(28)7-4-9-30-24)11-17(19)25(37)33-23-13-22(26(38)31-14-15-8-10-32-34-15)35-36(23)16-5-2-1-3-6-16/h1-13H,14H2,(H,31,38)(H,32,34)(H,33,37). The number of nitrogens with one attached hydrogen (secondary N) is 3. The van der Waals surface area contributed by atoms with Gasteiger partial charge in [0.25, 0.3) is 11.8 Å². The van der Waals surface area contributed by atoms with Crippen molar-refractivity contribution in [1.29, 1.82) is 0 Å². The molecular weight excluding hydrogens is 516 g/mol. The number of halogens is 3. The van der Waals surface area contributed by atoms with Crippen LogP contribution in [0.15, 0.2) is 79.1 Å². The summed E-state index contributed by atoms with van der Waals surface area (Å²) in [7, 11) is 0. The van der Waals surface area contributed by atoms with Crippen molar-refractivity contribution in [3.05, 3.63) is 113 Å². The van der Waals surface area contributed by atoms with Crippen LogP contribution in [0.25, 0.3) is 16.9 Å². The molecule has 9 nitrogen and oxygen atoms in total. The second-order valence-corrected chi connectivity index (χ2v) is 8.43. The predicted molar refractivity (Wildman–Crippen MR) is 136 cm³/mol. The Morgan fingerprint density at radius 2 is 1.76 bits per heavy atom. The zero-order valence-corrected chi connectivity index (χ0v) is 20.2. The maximum absolute atomic E-state index is 14.7. The Bertz CT molecular complexity index is 1620. The summed E-state index contributed by atoms with van der Waals surface area (Å²) < 4.78 is 30.3. The number of para-hydroxylation sites is 1. The summed E-state index contributed by atoms with van der Waals surface area (Å²) in [6.07, 6.45) is 2.87. The van der Waals surface area contributed by atoms with E-state index in [-0.39, 0.29) is 39.9 Å². The Kier molecular flexibility index (Phi) is 6.92. The quantitative estimate of drug-likeness (QED) is 0.278. The second kappa shape index (κ2) is 10.6. The van der Waals surface area contributed by atoms with Crippen molar-refractivity contribution in [2.45, 2.75) is 6.54 Å². The fraction of sp³-hybridized carbons (Fsp3) is 0.0385. The molecule has 3 aromatic heterocycles. The van der Waals surface area contributed by atoms with Crippen LogP contribution in [-0.2, 0) is 6.54 Å². The zero-order valence-electron chi connectivity index (χ0n) is 19.5. The van der Waals surface area contributed by atoms with E-state index in [1.807, 2.05) is 0 Å². The van der Waals surface area contributed by atoms with Crippen molar-refractivity contribution in [2.24, 2.45) is 0 Å². The van der Waals surface area contributed by atoms with Gasteiger partial charge in [0.15, 0.2) is 5.69 Å². The van der Waals surface area contributed by atoms with Crippen LogP contribution in [0.5, 0.6) is 0 Å². The van der Waals surface area contributed by atoms with Crippen molar-refractivity contribution in [3.8, 4) is 16.9 Å². The molecule has 0 bridgehead atoms. The first-order valence-corrected chi connectivity index (χ1v) is 11.6. The molecule has 12 heteroatoms. The Labute approximate surface area is 219 Å². The fourth-order valence-corrected chi connectivity index (χ4v) is 3.90. The van der Waals surface area contributed by atoms with Crippen LogP contribution in [0, 0.1) is 11.6 Å². The number of carbonyl (C=O) groups excluding carboxylic acids is 2. The van der Waals surface area contributed by atoms with E-state index in [9.17, 15) is 18.4 Å². The first-order valence-electron chi connectivity index (χ1n) is 11.2. The average Bonchev–Trinajstić information content (AvgIpc) is 3.59. The third-order valence-electron chi connectivity index (χ3n) is 5.50. The number of hydrogen-bond acceptors (Lipinski definition) is 5. The van der Waals surface area contributed by atoms with E-state index >= 15 is 0 Å². The molecular formula is C26H18ClF2N7O2. The van der Waals surface area contributed by atoms with Crippen LogP contribution in [0.3, 0.4) is 0 Å². The smallest absolute Gasteiger partial charge is 0.272 e. The molecule has 3 heterocycles. The number of nitrogens with zero attached hydrogens (tertiary/aromatic N) is 4. The molecule has 0 aliphatic heterocycles. The van der Waals surface area contributed by atoms with Crippen molar-refractivity contribution in [1.82, 2.24) is 30.3 Å². The number of H-pyrrole nitrogens is 1. The van der Waals surface area contributed by atoms with E-state index in [4.69, 9.17) is 11.6 Å². The molecule has 5 aromatic rings. The molecule has 0 unspecified atom stereocenters. The van der Waals surface area contributed by atoms with Crippen LogP contribution in [0.4, 0.5) is 14.6 Å². The highest BCUT2D eigenvalue weighted by Gasteiger charge is 2.22. The largest absolute Gasteiger partial charge is 0.345 e. The third kappa shape index (κ3) is 5.13. The van der Waals surface area contributed by atoms with Gasteiger partial charge in [0.1, 0.15) is 23.1 Å². The molecule has 0 aliphatic rings. The number of benzene rings is 2. The molecule has 0 saturated carbocycles. The van der Waals surface area contributed by atoms with Gasteiger partial charge >= 0.3 is 0 Å². The van der Waals surface area contributed by atoms with Crippen molar-refractivity contribution in [2.75, 3.05) is 5.32 Å². The molecule has 2 aromatic carbocycles. The number of hydrogen-bond donors (Lipinski definition) is 3. The van der Waals surface area contributed by atoms with Crippen LogP contribution >= 0.6 is 11.6 Å². The van der Waals surface area contributed by atoms with Gasteiger partial charge in [0.2, 0.25) is 0 Å². The highest BCUT2D eigenvalue weighted by molar-refractivity contribution is 6.34. The Hall–Kier alpha value is -4.90. The van der Waals surface area contributed by atoms with Gasteiger partial charge in [-0.3, -0.25) is 19.7 Å². The van der Waals surface area contributed by atoms with Gasteiger partial charge in [-0.2, -0.15) is 10.2 Å². The Morgan fingerprint density at radius 1 is 0.947 bits per heavy atom. The lowest BCUT2D eigenvalue weighted by Gasteiger charge is -2.11. The van der Waals surface area contributed by atoms with Gasteiger partial charge in [0, 0.05) is 24.0 Å². The van der Waals surface area contributed by atoms with E-state index in [0.29, 0.717) is 11.4 Å². The molecule has 2 amide bonds. The fourth-order valence-electron chi connectivity index (χ4n) is 3.67. The molecule has 3 N–H and O–H groups in total. The lowest BCUT2D eigenvalue weighted by molar-refractivity contribution is 0.0944. The minimum absolute atomic E-state index is 0.0325. The SMILES string of the molecule is O=C(NCc1ccn[nH]1)c1cc(NC(=O)c2cc(-c3ncccc3F)c(F)cc2Cl)n(-c2ccccc2)n1. The molecule has 0 saturated heterocycles. The lowest BCUT2D eigenvalue weighted by Crippen LogP contribution is -2.23. The minimum Gasteiger partial charge on any atom is -0.345 e. The normalized spacial score (nSPS) is 10.8. The summed E-state index contributed by atoms with van der Waals surface area (Å²) in [5.74, 6) is -2.66. The lowest BCUT2D eigenvalue weighted by atomic mass is 10.1. The Balaban J connectivity index is 1.47. The number of carbonyl (C=O) groups is 2. The van der Waals surface area contributed by atoms with E-state index in [1.54, 1.807) is 42.6 Å². The molecule has 190 valence electrons. The summed E-state index contributed by atoms with van der Waals surface area (Å²) in [5.41, 5.74) is 0.677. The molecule has 0 fully saturated rings. The predicted octanol–water partition coefficient (Wildman–Crippen LogP) is 4.77. The number of anilines is 1. The molecule has 38 heavy (non-hydrogen) atoms. The maximum atomic E-state index is 14.7. The van der Waals surface area contributed by atoms with Gasteiger partial charge < -0.3 is 10.6 Å². The summed E-state index contributed by atoms with van der Waals surface area (Å²) in [6.45, 7) is 0.191. The van der Waals surface area contributed by atoms with E-state index in [0.717, 1.165) is 18.2 Å². The van der Waals surface area contributed by atoms with Crippen molar-refractivity contribution in [3.63, 3.8) is 0 Å². The van der Waals surface area contributed by atoms with Gasteiger partial charge in [-0.05, 0) is 42.5 Å². The van der Waals surface area contributed by atoms with Crippen molar-refractivity contribution < 1.29 is 18.4 Å². The Morgan fingerprint density at radius 3 is 2.50 bits per heavy atom. The zero-order chi connectivity index (χ0) is 26.6. The first kappa shape index (κ1) is 24.8. The van der Waals surface area contributed by atoms with Gasteiger partial charge in [-0.1, -0.05) is 29.8 Å². The highest BCUT2D eigenvalue weighted by atomic mass is 35.5. The summed E-state index contributed by atoms with van der Waals surface area (Å²) in [6, 6.07) is 16.5. The molecule has 5 rings (SSSR count). The van der Waals surface area contributed by atoms with E-state index < -0.39 is 23.4 Å². The van der Waals surface area contributed by atoms with Crippen LogP contribution in [-0.4, -0.2) is 36.8 Å². The highest BCUT2D eigenvalue weighted by Crippen LogP contribution is 2.30. The maximum Gasteiger partial charge on any atom is 0.272 e. The number of aromatic nitrogens is 5. The average molecular weight is 534 g/mol. The topological polar surface area (TPSA) is 118 Å². The van der Waals surface area contributed by atoms with Crippen molar-refractivity contribution >= 4 is 29.2 Å². The summed E-state index contributed by atoms with van der Waals surface area (Å²) in [5, 5.41) is 16.1. The summed E-state index contributed by atoms with van der Waals surface area (Å²) in [4.78, 5) is 29.9. The summed E-state index contributed by atoms with van der Waals surface area (Å²) >= 11 is 6.18. The van der Waals surface area contributed by atoms with E-state index in [2.05, 4.69) is 30.9 Å². The molecule has 0 atom stereocenters. The van der Waals surface area contributed by atoms with Gasteiger partial charge in [0.05, 0.1) is 28.5 Å². The number of pyridine rings is 1. The van der Waals surface area contributed by atoms with Gasteiger partial charge in [-0.15, -0.1) is 0 Å². The first-order chi connectivity index (χ1) is 18.4. The van der Waals surface area contributed by atoms with E-state index in [1.165, 1.54) is 23.0 Å². The van der Waals surface area contributed by atoms with Crippen LogP contribution in [0.1, 0.15) is 26.5 Å². The number of amides is 2. The monoisotopic (exact) mass is 533 g/mol. The molecule has 0 aliphatic carbocycles. The van der Waals surface area contributed by atoms with Crippen LogP contribution < -0.4 is 10.6 Å². The number of rotatable bonds is 7. The molecule has 0 radical (unpaired) electrons. The third-order valence-corrected chi connectivity index (χ3v) is 5.81. The van der Waals surface area contributed by atoms with Gasteiger partial charge in [-0.25, -0.2) is 13.5 Å². The number of aromatic amines is 1. The van der Waals surface area contributed by atoms with Crippen LogP contribution in [0.2, 0.25) is 5.02 Å². The molecule has 0 spiro atoms.